The maximum absolute atomic E-state index is 11.5. The van der Waals surface area contributed by atoms with Crippen LogP contribution in [0.5, 0.6) is 0 Å². The first kappa shape index (κ1) is 16.9. The number of hydrogen-bond acceptors (Lipinski definition) is 5. The van der Waals surface area contributed by atoms with Crippen LogP contribution in [0.2, 0.25) is 0 Å². The highest BCUT2D eigenvalue weighted by Crippen LogP contribution is 2.05. The summed E-state index contributed by atoms with van der Waals surface area (Å²) in [6, 6.07) is 0. The van der Waals surface area contributed by atoms with E-state index < -0.39 is 21.8 Å². The summed E-state index contributed by atoms with van der Waals surface area (Å²) in [4.78, 5) is 21.2. The Morgan fingerprint density at radius 3 is 2.28 bits per heavy atom. The van der Waals surface area contributed by atoms with Gasteiger partial charge in [0.2, 0.25) is 0 Å². The summed E-state index contributed by atoms with van der Waals surface area (Å²) in [5.74, 6) is -1.59. The highest BCUT2D eigenvalue weighted by atomic mass is 32.2. The molecule has 6 nitrogen and oxygen atoms in total. The molecular formula is C11H20O6S. The molecular weight excluding hydrogens is 260 g/mol. The summed E-state index contributed by atoms with van der Waals surface area (Å²) >= 11 is 0. The summed E-state index contributed by atoms with van der Waals surface area (Å²) in [5, 5.41) is 8.40. The van der Waals surface area contributed by atoms with E-state index in [0.717, 1.165) is 0 Å². The number of carboxylic acid groups (broad SMARTS) is 1. The lowest BCUT2D eigenvalue weighted by molar-refractivity contribution is -0.142. The number of ether oxygens (including phenoxy) is 1. The predicted molar refractivity (Wildman–Crippen MR) is 66.0 cm³/mol. The zero-order valence-corrected chi connectivity index (χ0v) is 11.4. The largest absolute Gasteiger partial charge is 0.481 e. The van der Waals surface area contributed by atoms with Gasteiger partial charge in [0, 0.05) is 6.42 Å². The van der Waals surface area contributed by atoms with Gasteiger partial charge in [-0.1, -0.05) is 6.42 Å². The Balaban J connectivity index is 3.74. The van der Waals surface area contributed by atoms with Gasteiger partial charge in [0.1, 0.15) is 0 Å². The maximum Gasteiger partial charge on any atom is 0.306 e. The Hall–Kier alpha value is -1.11. The van der Waals surface area contributed by atoms with Crippen LogP contribution in [0.15, 0.2) is 0 Å². The first-order valence-corrected chi connectivity index (χ1v) is 7.77. The number of hydrogen-bond donors (Lipinski definition) is 1. The smallest absolute Gasteiger partial charge is 0.306 e. The standard InChI is InChI=1S/C11H20O6S/c1-2-17-11(14)7-9-18(15,16)8-5-3-4-6-10(12)13/h2-9H2,1H3,(H,12,13). The van der Waals surface area contributed by atoms with Gasteiger partial charge in [-0.05, 0) is 19.8 Å². The summed E-state index contributed by atoms with van der Waals surface area (Å²) in [6.07, 6.45) is 1.40. The molecule has 0 radical (unpaired) electrons. The van der Waals surface area contributed by atoms with E-state index in [9.17, 15) is 18.0 Å². The monoisotopic (exact) mass is 280 g/mol. The van der Waals surface area contributed by atoms with Crippen molar-refractivity contribution in [1.29, 1.82) is 0 Å². The van der Waals surface area contributed by atoms with Crippen LogP contribution in [-0.4, -0.2) is 43.6 Å². The third kappa shape index (κ3) is 10.1. The predicted octanol–water partition coefficient (Wildman–Crippen LogP) is 0.999. The molecule has 0 saturated heterocycles. The quantitative estimate of drug-likeness (QED) is 0.473. The molecule has 0 spiro atoms. The van der Waals surface area contributed by atoms with Crippen LogP contribution in [0.4, 0.5) is 0 Å². The second kappa shape index (κ2) is 8.91. The molecule has 0 aromatic rings. The zero-order valence-electron chi connectivity index (χ0n) is 10.6. The van der Waals surface area contributed by atoms with Crippen LogP contribution >= 0.6 is 0 Å². The normalized spacial score (nSPS) is 11.2. The van der Waals surface area contributed by atoms with Gasteiger partial charge in [0.05, 0.1) is 24.5 Å². The number of carbonyl (C=O) groups excluding carboxylic acids is 1. The molecule has 0 aliphatic heterocycles. The van der Waals surface area contributed by atoms with Gasteiger partial charge in [-0.3, -0.25) is 9.59 Å². The minimum Gasteiger partial charge on any atom is -0.481 e. The van der Waals surface area contributed by atoms with Gasteiger partial charge >= 0.3 is 11.9 Å². The Bertz CT molecular complexity index is 360. The number of carbonyl (C=O) groups is 2. The molecule has 0 aromatic heterocycles. The summed E-state index contributed by atoms with van der Waals surface area (Å²) in [5.41, 5.74) is 0. The van der Waals surface area contributed by atoms with E-state index in [0.29, 0.717) is 19.3 Å². The fourth-order valence-electron chi connectivity index (χ4n) is 1.35. The number of esters is 1. The fourth-order valence-corrected chi connectivity index (χ4v) is 2.67. The molecule has 0 aliphatic carbocycles. The SMILES string of the molecule is CCOC(=O)CCS(=O)(=O)CCCCCC(=O)O. The van der Waals surface area contributed by atoms with Crippen LogP contribution in [0, 0.1) is 0 Å². The molecule has 0 heterocycles. The Morgan fingerprint density at radius 2 is 1.72 bits per heavy atom. The number of carboxylic acids is 1. The summed E-state index contributed by atoms with van der Waals surface area (Å²) in [6.45, 7) is 1.91. The highest BCUT2D eigenvalue weighted by molar-refractivity contribution is 7.91. The van der Waals surface area contributed by atoms with E-state index in [1.165, 1.54) is 0 Å². The van der Waals surface area contributed by atoms with Crippen LogP contribution < -0.4 is 0 Å². The third-order valence-corrected chi connectivity index (χ3v) is 4.01. The first-order valence-electron chi connectivity index (χ1n) is 5.95. The Labute approximate surface area is 107 Å². The molecule has 18 heavy (non-hydrogen) atoms. The van der Waals surface area contributed by atoms with Crippen molar-refractivity contribution in [2.24, 2.45) is 0 Å². The number of aliphatic carboxylic acids is 1. The lowest BCUT2D eigenvalue weighted by Crippen LogP contribution is -2.16. The van der Waals surface area contributed by atoms with Gasteiger partial charge in [-0.25, -0.2) is 8.42 Å². The van der Waals surface area contributed by atoms with Crippen LogP contribution in [0.1, 0.15) is 39.0 Å². The number of sulfone groups is 1. The lowest BCUT2D eigenvalue weighted by atomic mass is 10.2. The summed E-state index contributed by atoms with van der Waals surface area (Å²) < 4.78 is 27.7. The van der Waals surface area contributed by atoms with E-state index in [2.05, 4.69) is 4.74 Å². The fraction of sp³-hybridized carbons (Fsp3) is 0.818. The van der Waals surface area contributed by atoms with Crippen molar-refractivity contribution in [2.75, 3.05) is 18.1 Å². The van der Waals surface area contributed by atoms with Crippen molar-refractivity contribution >= 4 is 21.8 Å². The average molecular weight is 280 g/mol. The second-order valence-electron chi connectivity index (χ2n) is 3.91. The highest BCUT2D eigenvalue weighted by Gasteiger charge is 2.13. The Morgan fingerprint density at radius 1 is 1.06 bits per heavy atom. The molecule has 1 N–H and O–H groups in total. The topological polar surface area (TPSA) is 97.7 Å². The molecule has 0 fully saturated rings. The van der Waals surface area contributed by atoms with Gasteiger partial charge in [-0.2, -0.15) is 0 Å². The second-order valence-corrected chi connectivity index (χ2v) is 6.21. The van der Waals surface area contributed by atoms with Gasteiger partial charge in [0.25, 0.3) is 0 Å². The molecule has 0 aromatic carbocycles. The third-order valence-electron chi connectivity index (χ3n) is 2.27. The van der Waals surface area contributed by atoms with Crippen molar-refractivity contribution in [3.63, 3.8) is 0 Å². The molecule has 7 heteroatoms. The van der Waals surface area contributed by atoms with Gasteiger partial charge in [0.15, 0.2) is 9.84 Å². The molecule has 0 rings (SSSR count). The van der Waals surface area contributed by atoms with Crippen LogP contribution in [-0.2, 0) is 24.2 Å². The van der Waals surface area contributed by atoms with Crippen molar-refractivity contribution in [3.8, 4) is 0 Å². The first-order chi connectivity index (χ1) is 8.37. The molecule has 0 unspecified atom stereocenters. The van der Waals surface area contributed by atoms with E-state index in [1.54, 1.807) is 6.92 Å². The average Bonchev–Trinajstić information content (AvgIpc) is 2.26. The molecule has 106 valence electrons. The van der Waals surface area contributed by atoms with E-state index >= 15 is 0 Å². The zero-order chi connectivity index (χ0) is 14.0. The van der Waals surface area contributed by atoms with Crippen molar-refractivity contribution in [1.82, 2.24) is 0 Å². The Kier molecular flexibility index (Phi) is 8.36. The van der Waals surface area contributed by atoms with Crippen molar-refractivity contribution in [2.45, 2.75) is 39.0 Å². The van der Waals surface area contributed by atoms with E-state index in [1.807, 2.05) is 0 Å². The number of unbranched alkanes of at least 4 members (excludes halogenated alkanes) is 2. The summed E-state index contributed by atoms with van der Waals surface area (Å²) in [7, 11) is -3.24. The maximum atomic E-state index is 11.5. The molecule has 0 saturated carbocycles. The van der Waals surface area contributed by atoms with Crippen LogP contribution in [0.3, 0.4) is 0 Å². The lowest BCUT2D eigenvalue weighted by Gasteiger charge is -2.04. The molecule has 0 aliphatic rings. The molecule has 0 amide bonds. The van der Waals surface area contributed by atoms with E-state index in [4.69, 9.17) is 5.11 Å². The van der Waals surface area contributed by atoms with Gasteiger partial charge < -0.3 is 9.84 Å². The minimum absolute atomic E-state index is 0.00791. The van der Waals surface area contributed by atoms with Crippen LogP contribution in [0.25, 0.3) is 0 Å². The van der Waals surface area contributed by atoms with E-state index in [-0.39, 0.29) is 31.0 Å². The number of rotatable bonds is 10. The van der Waals surface area contributed by atoms with Crippen molar-refractivity contribution < 1.29 is 27.9 Å². The molecule has 0 atom stereocenters. The minimum atomic E-state index is -3.24. The van der Waals surface area contributed by atoms with Gasteiger partial charge in [-0.15, -0.1) is 0 Å². The van der Waals surface area contributed by atoms with Crippen molar-refractivity contribution in [3.05, 3.63) is 0 Å². The molecule has 0 bridgehead atoms.